The van der Waals surface area contributed by atoms with Crippen LogP contribution in [0.25, 0.3) is 0 Å². The topological polar surface area (TPSA) is 61.6 Å². The van der Waals surface area contributed by atoms with Crippen LogP contribution in [-0.4, -0.2) is 16.7 Å². The van der Waals surface area contributed by atoms with Gasteiger partial charge in [0.2, 0.25) is 0 Å². The van der Waals surface area contributed by atoms with E-state index in [-0.39, 0.29) is 0 Å². The molecule has 1 aliphatic rings. The molecule has 4 heteroatoms. The highest BCUT2D eigenvalue weighted by Crippen LogP contribution is 2.25. The molecule has 1 heterocycles. The van der Waals surface area contributed by atoms with E-state index in [2.05, 4.69) is 15.5 Å². The predicted molar refractivity (Wildman–Crippen MR) is 66.4 cm³/mol. The number of rotatable bonds is 4. The Kier molecular flexibility index (Phi) is 4.31. The third kappa shape index (κ3) is 3.70. The summed E-state index contributed by atoms with van der Waals surface area (Å²) in [6.07, 6.45) is 8.15. The van der Waals surface area contributed by atoms with Crippen molar-refractivity contribution >= 4 is 5.82 Å². The molecule has 1 aromatic heterocycles. The normalized spacial score (nSPS) is 16.4. The Balaban J connectivity index is 1.72. The zero-order chi connectivity index (χ0) is 11.9. The molecule has 0 saturated heterocycles. The number of nitriles is 1. The first-order valence-electron chi connectivity index (χ1n) is 6.36. The largest absolute Gasteiger partial charge is 0.369 e. The number of anilines is 1. The summed E-state index contributed by atoms with van der Waals surface area (Å²) in [5.41, 5.74) is 0.364. The first-order chi connectivity index (χ1) is 8.38. The van der Waals surface area contributed by atoms with Gasteiger partial charge in [-0.25, -0.2) is 0 Å². The van der Waals surface area contributed by atoms with Gasteiger partial charge in [0, 0.05) is 6.54 Å². The molecule has 90 valence electrons. The standard InChI is InChI=1S/C13H18N4/c14-10-12-6-7-13(17-16-12)15-9-8-11-4-2-1-3-5-11/h6-7,11H,1-5,8-9H2,(H,15,17). The highest BCUT2D eigenvalue weighted by Gasteiger charge is 2.12. The first kappa shape index (κ1) is 11.8. The Morgan fingerprint density at radius 1 is 1.24 bits per heavy atom. The molecule has 1 aliphatic carbocycles. The molecular weight excluding hydrogens is 212 g/mol. The van der Waals surface area contributed by atoms with E-state index in [4.69, 9.17) is 5.26 Å². The number of aromatic nitrogens is 2. The lowest BCUT2D eigenvalue weighted by Crippen LogP contribution is -2.12. The van der Waals surface area contributed by atoms with Gasteiger partial charge in [0.25, 0.3) is 0 Å². The maximum atomic E-state index is 8.60. The zero-order valence-corrected chi connectivity index (χ0v) is 10.0. The Morgan fingerprint density at radius 3 is 2.71 bits per heavy atom. The van der Waals surface area contributed by atoms with Crippen molar-refractivity contribution in [3.05, 3.63) is 17.8 Å². The van der Waals surface area contributed by atoms with Crippen molar-refractivity contribution in [2.45, 2.75) is 38.5 Å². The maximum Gasteiger partial charge on any atom is 0.163 e. The molecule has 17 heavy (non-hydrogen) atoms. The van der Waals surface area contributed by atoms with Gasteiger partial charge < -0.3 is 5.32 Å². The fourth-order valence-corrected chi connectivity index (χ4v) is 2.37. The van der Waals surface area contributed by atoms with Crippen molar-refractivity contribution < 1.29 is 0 Å². The van der Waals surface area contributed by atoms with Crippen LogP contribution in [0.4, 0.5) is 5.82 Å². The van der Waals surface area contributed by atoms with Crippen LogP contribution in [-0.2, 0) is 0 Å². The van der Waals surface area contributed by atoms with Gasteiger partial charge in [-0.2, -0.15) is 5.26 Å². The van der Waals surface area contributed by atoms with Crippen LogP contribution < -0.4 is 5.32 Å². The maximum absolute atomic E-state index is 8.60. The molecule has 1 fully saturated rings. The van der Waals surface area contributed by atoms with Crippen LogP contribution in [0.3, 0.4) is 0 Å². The van der Waals surface area contributed by atoms with Crippen molar-refractivity contribution in [2.75, 3.05) is 11.9 Å². The molecule has 1 N–H and O–H groups in total. The minimum Gasteiger partial charge on any atom is -0.369 e. The van der Waals surface area contributed by atoms with Crippen LogP contribution >= 0.6 is 0 Å². The van der Waals surface area contributed by atoms with Gasteiger partial charge in [-0.15, -0.1) is 10.2 Å². The lowest BCUT2D eigenvalue weighted by atomic mass is 9.87. The lowest BCUT2D eigenvalue weighted by Gasteiger charge is -2.21. The molecule has 1 saturated carbocycles. The highest BCUT2D eigenvalue weighted by atomic mass is 15.2. The smallest absolute Gasteiger partial charge is 0.163 e. The monoisotopic (exact) mass is 230 g/mol. The Labute approximate surface area is 102 Å². The van der Waals surface area contributed by atoms with Crippen LogP contribution in [0.1, 0.15) is 44.2 Å². The van der Waals surface area contributed by atoms with E-state index in [0.29, 0.717) is 5.69 Å². The molecule has 1 aromatic rings. The summed E-state index contributed by atoms with van der Waals surface area (Å²) in [4.78, 5) is 0. The number of nitrogens with one attached hydrogen (secondary N) is 1. The first-order valence-corrected chi connectivity index (χ1v) is 6.36. The Morgan fingerprint density at radius 2 is 2.06 bits per heavy atom. The molecule has 0 aromatic carbocycles. The minimum atomic E-state index is 0.364. The number of nitrogens with zero attached hydrogens (tertiary/aromatic N) is 3. The van der Waals surface area contributed by atoms with Gasteiger partial charge in [-0.1, -0.05) is 32.1 Å². The van der Waals surface area contributed by atoms with Gasteiger partial charge in [-0.3, -0.25) is 0 Å². The van der Waals surface area contributed by atoms with Crippen molar-refractivity contribution in [2.24, 2.45) is 5.92 Å². The molecule has 0 atom stereocenters. The third-order valence-electron chi connectivity index (χ3n) is 3.36. The van der Waals surface area contributed by atoms with Crippen molar-refractivity contribution in [3.8, 4) is 6.07 Å². The van der Waals surface area contributed by atoms with Gasteiger partial charge in [0.15, 0.2) is 5.69 Å². The Hall–Kier alpha value is -1.63. The second kappa shape index (κ2) is 6.19. The summed E-state index contributed by atoms with van der Waals surface area (Å²) in [6, 6.07) is 5.46. The summed E-state index contributed by atoms with van der Waals surface area (Å²) in [7, 11) is 0. The summed E-state index contributed by atoms with van der Waals surface area (Å²) in [5.74, 6) is 1.64. The zero-order valence-electron chi connectivity index (χ0n) is 10.0. The molecule has 0 bridgehead atoms. The van der Waals surface area contributed by atoms with Crippen LogP contribution in [0.2, 0.25) is 0 Å². The van der Waals surface area contributed by atoms with Crippen molar-refractivity contribution in [3.63, 3.8) is 0 Å². The van der Waals surface area contributed by atoms with Crippen LogP contribution in [0.15, 0.2) is 12.1 Å². The molecule has 0 unspecified atom stereocenters. The summed E-state index contributed by atoms with van der Waals surface area (Å²) in [6.45, 7) is 0.950. The quantitative estimate of drug-likeness (QED) is 0.863. The van der Waals surface area contributed by atoms with Gasteiger partial charge in [0.1, 0.15) is 11.9 Å². The van der Waals surface area contributed by atoms with Crippen LogP contribution in [0.5, 0.6) is 0 Å². The fraction of sp³-hybridized carbons (Fsp3) is 0.615. The average Bonchev–Trinajstić information content (AvgIpc) is 2.41. The van der Waals surface area contributed by atoms with E-state index in [1.54, 1.807) is 6.07 Å². The second-order valence-corrected chi connectivity index (χ2v) is 4.64. The van der Waals surface area contributed by atoms with Gasteiger partial charge >= 0.3 is 0 Å². The van der Waals surface area contributed by atoms with E-state index in [9.17, 15) is 0 Å². The predicted octanol–water partition coefficient (Wildman–Crippen LogP) is 2.73. The van der Waals surface area contributed by atoms with Crippen molar-refractivity contribution in [1.29, 1.82) is 5.26 Å². The fourth-order valence-electron chi connectivity index (χ4n) is 2.37. The molecule has 0 aliphatic heterocycles. The molecule has 0 radical (unpaired) electrons. The van der Waals surface area contributed by atoms with E-state index in [0.717, 1.165) is 18.3 Å². The van der Waals surface area contributed by atoms with E-state index in [1.807, 2.05) is 12.1 Å². The summed E-state index contributed by atoms with van der Waals surface area (Å²) in [5, 5.41) is 19.6. The Bertz CT molecular complexity index is 373. The summed E-state index contributed by atoms with van der Waals surface area (Å²) >= 11 is 0. The molecule has 0 spiro atoms. The second-order valence-electron chi connectivity index (χ2n) is 4.64. The SMILES string of the molecule is N#Cc1ccc(NCCC2CCCCC2)nn1. The highest BCUT2D eigenvalue weighted by molar-refractivity contribution is 5.34. The molecule has 4 nitrogen and oxygen atoms in total. The third-order valence-corrected chi connectivity index (χ3v) is 3.36. The van der Waals surface area contributed by atoms with E-state index < -0.39 is 0 Å². The van der Waals surface area contributed by atoms with Gasteiger partial charge in [0.05, 0.1) is 0 Å². The average molecular weight is 230 g/mol. The van der Waals surface area contributed by atoms with Crippen LogP contribution in [0, 0.1) is 17.2 Å². The molecular formula is C13H18N4. The van der Waals surface area contributed by atoms with Crippen molar-refractivity contribution in [1.82, 2.24) is 10.2 Å². The summed E-state index contributed by atoms with van der Waals surface area (Å²) < 4.78 is 0. The minimum absolute atomic E-state index is 0.364. The number of hydrogen-bond acceptors (Lipinski definition) is 4. The van der Waals surface area contributed by atoms with E-state index in [1.165, 1.54) is 38.5 Å². The molecule has 2 rings (SSSR count). The number of hydrogen-bond donors (Lipinski definition) is 1. The molecule has 0 amide bonds. The van der Waals surface area contributed by atoms with Gasteiger partial charge in [-0.05, 0) is 24.5 Å². The lowest BCUT2D eigenvalue weighted by molar-refractivity contribution is 0.345. The van der Waals surface area contributed by atoms with E-state index >= 15 is 0 Å².